The van der Waals surface area contributed by atoms with Crippen molar-refractivity contribution in [2.24, 2.45) is 5.92 Å². The van der Waals surface area contributed by atoms with Crippen molar-refractivity contribution < 1.29 is 14.7 Å². The number of hydrogen-bond acceptors (Lipinski definition) is 3. The second kappa shape index (κ2) is 6.52. The lowest BCUT2D eigenvalue weighted by Gasteiger charge is -2.24. The van der Waals surface area contributed by atoms with Crippen molar-refractivity contribution >= 4 is 17.5 Å². The van der Waals surface area contributed by atoms with E-state index in [-0.39, 0.29) is 24.3 Å². The molecule has 1 aliphatic heterocycles. The van der Waals surface area contributed by atoms with E-state index in [4.69, 9.17) is 5.11 Å². The first-order chi connectivity index (χ1) is 9.56. The molecule has 1 aromatic rings. The van der Waals surface area contributed by atoms with Crippen molar-refractivity contribution in [3.05, 3.63) is 29.8 Å². The minimum absolute atomic E-state index is 0.0213. The number of aliphatic hydroxyl groups excluding tert-OH is 1. The third kappa shape index (κ3) is 3.81. The third-order valence-corrected chi connectivity index (χ3v) is 3.43. The number of nitrogens with one attached hydrogen (secondary N) is 2. The van der Waals surface area contributed by atoms with E-state index in [1.54, 1.807) is 6.92 Å². The molecule has 0 fully saturated rings. The zero-order valence-corrected chi connectivity index (χ0v) is 11.6. The lowest BCUT2D eigenvalue weighted by molar-refractivity contribution is -0.123. The number of benzene rings is 1. The second-order valence-corrected chi connectivity index (χ2v) is 5.24. The molecule has 5 heteroatoms. The summed E-state index contributed by atoms with van der Waals surface area (Å²) in [6.45, 7) is 1.87. The Morgan fingerprint density at radius 3 is 3.00 bits per heavy atom. The molecule has 0 aromatic heterocycles. The lowest BCUT2D eigenvalue weighted by Crippen LogP contribution is -2.33. The molecular weight excluding hydrogens is 256 g/mol. The fourth-order valence-corrected chi connectivity index (χ4v) is 2.30. The highest BCUT2D eigenvalue weighted by atomic mass is 16.3. The predicted molar refractivity (Wildman–Crippen MR) is 76.2 cm³/mol. The molecule has 1 heterocycles. The first kappa shape index (κ1) is 14.5. The van der Waals surface area contributed by atoms with Gasteiger partial charge in [0.1, 0.15) is 0 Å². The summed E-state index contributed by atoms with van der Waals surface area (Å²) >= 11 is 0. The van der Waals surface area contributed by atoms with Gasteiger partial charge in [-0.2, -0.15) is 0 Å². The molecule has 0 saturated heterocycles. The average molecular weight is 276 g/mol. The number of amides is 2. The van der Waals surface area contributed by atoms with Crippen LogP contribution in [0, 0.1) is 5.92 Å². The Hall–Kier alpha value is -1.88. The van der Waals surface area contributed by atoms with Crippen LogP contribution in [0.4, 0.5) is 5.69 Å². The van der Waals surface area contributed by atoms with Gasteiger partial charge in [0.2, 0.25) is 11.8 Å². The first-order valence-electron chi connectivity index (χ1n) is 6.90. The maximum absolute atomic E-state index is 12.0. The summed E-state index contributed by atoms with van der Waals surface area (Å²) in [5.74, 6) is -0.313. The molecule has 0 unspecified atom stereocenters. The van der Waals surface area contributed by atoms with Crippen LogP contribution in [0.15, 0.2) is 24.3 Å². The molecule has 0 saturated carbocycles. The number of para-hydroxylation sites is 1. The van der Waals surface area contributed by atoms with Gasteiger partial charge in [0.15, 0.2) is 0 Å². The van der Waals surface area contributed by atoms with Crippen molar-refractivity contribution in [3.63, 3.8) is 0 Å². The molecule has 0 aliphatic carbocycles. The Kier molecular flexibility index (Phi) is 4.74. The van der Waals surface area contributed by atoms with Crippen LogP contribution in [-0.4, -0.2) is 29.6 Å². The fraction of sp³-hybridized carbons (Fsp3) is 0.467. The smallest absolute Gasteiger partial charge is 0.227 e. The number of hydrogen-bond donors (Lipinski definition) is 3. The van der Waals surface area contributed by atoms with Crippen LogP contribution in [-0.2, 0) is 16.0 Å². The molecule has 2 amide bonds. The Balaban J connectivity index is 1.85. The molecule has 1 aromatic carbocycles. The van der Waals surface area contributed by atoms with Gasteiger partial charge in [-0.15, -0.1) is 0 Å². The van der Waals surface area contributed by atoms with E-state index in [9.17, 15) is 9.59 Å². The van der Waals surface area contributed by atoms with Gasteiger partial charge in [0, 0.05) is 24.6 Å². The van der Waals surface area contributed by atoms with Crippen molar-refractivity contribution in [2.75, 3.05) is 11.9 Å². The van der Waals surface area contributed by atoms with Crippen molar-refractivity contribution in [1.82, 2.24) is 5.32 Å². The molecule has 108 valence electrons. The standard InChI is InChI=1S/C15H20N2O3/c1-10(18)9-16-14(19)7-6-12-8-11-4-2-3-5-13(11)17-15(12)20/h2-5,10,12,18H,6-9H2,1H3,(H,16,19)(H,17,20)/t10-,12+/m1/s1. The summed E-state index contributed by atoms with van der Waals surface area (Å²) < 4.78 is 0. The maximum Gasteiger partial charge on any atom is 0.227 e. The number of rotatable bonds is 5. The Bertz CT molecular complexity index is 500. The molecule has 2 rings (SSSR count). The maximum atomic E-state index is 12.0. The first-order valence-corrected chi connectivity index (χ1v) is 6.90. The van der Waals surface area contributed by atoms with Crippen LogP contribution >= 0.6 is 0 Å². The highest BCUT2D eigenvalue weighted by Gasteiger charge is 2.26. The van der Waals surface area contributed by atoms with E-state index in [2.05, 4.69) is 10.6 Å². The van der Waals surface area contributed by atoms with Gasteiger partial charge in [0.05, 0.1) is 6.10 Å². The molecule has 0 bridgehead atoms. The molecule has 0 spiro atoms. The van der Waals surface area contributed by atoms with Crippen molar-refractivity contribution in [1.29, 1.82) is 0 Å². The molecule has 2 atom stereocenters. The van der Waals surface area contributed by atoms with Gasteiger partial charge in [-0.25, -0.2) is 0 Å². The van der Waals surface area contributed by atoms with E-state index >= 15 is 0 Å². The SMILES string of the molecule is C[C@@H](O)CNC(=O)CC[C@H]1Cc2ccccc2NC1=O. The average Bonchev–Trinajstić information content (AvgIpc) is 2.42. The molecule has 5 nitrogen and oxygen atoms in total. The van der Waals surface area contributed by atoms with E-state index in [0.717, 1.165) is 11.3 Å². The summed E-state index contributed by atoms with van der Waals surface area (Å²) in [5.41, 5.74) is 1.98. The second-order valence-electron chi connectivity index (χ2n) is 5.24. The minimum atomic E-state index is -0.552. The predicted octanol–water partition coefficient (Wildman–Crippen LogP) is 1.07. The van der Waals surface area contributed by atoms with Crippen LogP contribution in [0.3, 0.4) is 0 Å². The van der Waals surface area contributed by atoms with Gasteiger partial charge in [-0.3, -0.25) is 9.59 Å². The lowest BCUT2D eigenvalue weighted by atomic mass is 9.89. The van der Waals surface area contributed by atoms with Gasteiger partial charge in [-0.05, 0) is 31.4 Å². The summed E-state index contributed by atoms with van der Waals surface area (Å²) in [4.78, 5) is 23.5. The van der Waals surface area contributed by atoms with E-state index in [1.165, 1.54) is 0 Å². The van der Waals surface area contributed by atoms with Crippen LogP contribution in [0.25, 0.3) is 0 Å². The zero-order valence-electron chi connectivity index (χ0n) is 11.6. The number of carbonyl (C=O) groups is 2. The normalized spacial score (nSPS) is 18.9. The molecule has 3 N–H and O–H groups in total. The van der Waals surface area contributed by atoms with Crippen LogP contribution in [0.5, 0.6) is 0 Å². The van der Waals surface area contributed by atoms with E-state index < -0.39 is 6.10 Å². The number of carbonyl (C=O) groups excluding carboxylic acids is 2. The Labute approximate surface area is 118 Å². The highest BCUT2D eigenvalue weighted by molar-refractivity contribution is 5.96. The van der Waals surface area contributed by atoms with E-state index in [0.29, 0.717) is 19.3 Å². The van der Waals surface area contributed by atoms with Crippen molar-refractivity contribution in [2.45, 2.75) is 32.3 Å². The molecule has 1 aliphatic rings. The summed E-state index contributed by atoms with van der Waals surface area (Å²) in [6, 6.07) is 7.72. The monoisotopic (exact) mass is 276 g/mol. The van der Waals surface area contributed by atoms with Crippen LogP contribution < -0.4 is 10.6 Å². The van der Waals surface area contributed by atoms with E-state index in [1.807, 2.05) is 24.3 Å². The van der Waals surface area contributed by atoms with Gasteiger partial charge < -0.3 is 15.7 Å². The quantitative estimate of drug-likeness (QED) is 0.753. The summed E-state index contributed by atoms with van der Waals surface area (Å²) in [5, 5.41) is 14.6. The summed E-state index contributed by atoms with van der Waals surface area (Å²) in [6.07, 6.45) is 0.939. The topological polar surface area (TPSA) is 78.4 Å². The number of aliphatic hydroxyl groups is 1. The third-order valence-electron chi connectivity index (χ3n) is 3.43. The van der Waals surface area contributed by atoms with Gasteiger partial charge in [0.25, 0.3) is 0 Å². The van der Waals surface area contributed by atoms with Crippen molar-refractivity contribution in [3.8, 4) is 0 Å². The molecule has 0 radical (unpaired) electrons. The Morgan fingerprint density at radius 1 is 1.50 bits per heavy atom. The number of fused-ring (bicyclic) bond motifs is 1. The van der Waals surface area contributed by atoms with Gasteiger partial charge >= 0.3 is 0 Å². The zero-order chi connectivity index (χ0) is 14.5. The Morgan fingerprint density at radius 2 is 2.25 bits per heavy atom. The number of anilines is 1. The van der Waals surface area contributed by atoms with Crippen LogP contribution in [0.1, 0.15) is 25.3 Å². The van der Waals surface area contributed by atoms with Gasteiger partial charge in [-0.1, -0.05) is 18.2 Å². The minimum Gasteiger partial charge on any atom is -0.392 e. The molecule has 20 heavy (non-hydrogen) atoms. The largest absolute Gasteiger partial charge is 0.392 e. The highest BCUT2D eigenvalue weighted by Crippen LogP contribution is 2.27. The molecular formula is C15H20N2O3. The fourth-order valence-electron chi connectivity index (χ4n) is 2.30. The van der Waals surface area contributed by atoms with Crippen LogP contribution in [0.2, 0.25) is 0 Å². The summed E-state index contributed by atoms with van der Waals surface area (Å²) in [7, 11) is 0.